The molecule has 2 aromatic heterocycles. The largest absolute Gasteiger partial charge is 0.480 e. The van der Waals surface area contributed by atoms with Crippen molar-refractivity contribution >= 4 is 34.6 Å². The first kappa shape index (κ1) is 31.3. The molecule has 12 heteroatoms. The standard InChI is InChI=1S/C29H41N7O5/c1-5-16(3)24(30)27(38)36-25(17(4)6-2)28(39)34-22(12-19-14-31-15-33-19)26(37)35-23(29(40)41)11-18-13-32-21-10-8-7-9-20(18)21/h7-10,13-17,22-25,32H,5-6,11-12,30H2,1-4H3,(H,31,33)(H,34,39)(H,35,37)(H,36,38)(H,40,41). The Labute approximate surface area is 239 Å². The minimum absolute atomic E-state index is 0.0323. The summed E-state index contributed by atoms with van der Waals surface area (Å²) in [4.78, 5) is 62.0. The highest BCUT2D eigenvalue weighted by molar-refractivity contribution is 5.94. The quantitative estimate of drug-likeness (QED) is 0.145. The molecule has 12 nitrogen and oxygen atoms in total. The Bertz CT molecular complexity index is 1320. The van der Waals surface area contributed by atoms with Gasteiger partial charge in [-0.1, -0.05) is 58.7 Å². The third kappa shape index (κ3) is 8.16. The monoisotopic (exact) mass is 567 g/mol. The number of carbonyl (C=O) groups excluding carboxylic acids is 3. The van der Waals surface area contributed by atoms with Gasteiger partial charge in [0.1, 0.15) is 18.1 Å². The number of carboxylic acids is 1. The van der Waals surface area contributed by atoms with Crippen LogP contribution in [0.15, 0.2) is 43.0 Å². The third-order valence-corrected chi connectivity index (χ3v) is 7.68. The van der Waals surface area contributed by atoms with Crippen molar-refractivity contribution in [3.63, 3.8) is 0 Å². The number of hydrogen-bond donors (Lipinski definition) is 7. The first-order chi connectivity index (χ1) is 19.5. The van der Waals surface area contributed by atoms with Crippen molar-refractivity contribution in [1.82, 2.24) is 30.9 Å². The number of H-pyrrole nitrogens is 2. The minimum Gasteiger partial charge on any atom is -0.480 e. The predicted molar refractivity (Wildman–Crippen MR) is 155 cm³/mol. The predicted octanol–water partition coefficient (Wildman–Crippen LogP) is 1.63. The Kier molecular flexibility index (Phi) is 11.0. The first-order valence-corrected chi connectivity index (χ1v) is 14.0. The molecule has 6 unspecified atom stereocenters. The maximum Gasteiger partial charge on any atom is 0.326 e. The average Bonchev–Trinajstić information content (AvgIpc) is 3.63. The number of fused-ring (bicyclic) bond motifs is 1. The number of carboxylic acid groups (broad SMARTS) is 1. The molecule has 3 aromatic rings. The fourth-order valence-electron chi connectivity index (χ4n) is 4.54. The molecule has 3 rings (SSSR count). The molecule has 41 heavy (non-hydrogen) atoms. The maximum atomic E-state index is 13.5. The van der Waals surface area contributed by atoms with Gasteiger partial charge in [0.2, 0.25) is 17.7 Å². The van der Waals surface area contributed by atoms with Crippen LogP contribution in [-0.2, 0) is 32.0 Å². The van der Waals surface area contributed by atoms with Crippen LogP contribution in [0.3, 0.4) is 0 Å². The fourth-order valence-corrected chi connectivity index (χ4v) is 4.54. The smallest absolute Gasteiger partial charge is 0.326 e. The van der Waals surface area contributed by atoms with E-state index in [1.165, 1.54) is 12.5 Å². The zero-order valence-electron chi connectivity index (χ0n) is 23.9. The Hall–Kier alpha value is -4.19. The van der Waals surface area contributed by atoms with E-state index in [0.717, 1.165) is 16.5 Å². The molecule has 0 fully saturated rings. The van der Waals surface area contributed by atoms with Gasteiger partial charge in [-0.05, 0) is 23.5 Å². The number of nitrogens with zero attached hydrogens (tertiary/aromatic N) is 1. The number of carbonyl (C=O) groups is 4. The lowest BCUT2D eigenvalue weighted by molar-refractivity contribution is -0.142. The van der Waals surface area contributed by atoms with Crippen LogP contribution in [0.4, 0.5) is 0 Å². The number of hydrogen-bond acceptors (Lipinski definition) is 6. The van der Waals surface area contributed by atoms with Crippen molar-refractivity contribution in [1.29, 1.82) is 0 Å². The van der Waals surface area contributed by atoms with Crippen molar-refractivity contribution in [2.75, 3.05) is 0 Å². The average molecular weight is 568 g/mol. The number of benzene rings is 1. The third-order valence-electron chi connectivity index (χ3n) is 7.68. The molecule has 0 saturated heterocycles. The van der Waals surface area contributed by atoms with Crippen LogP contribution in [-0.4, -0.2) is 67.9 Å². The van der Waals surface area contributed by atoms with Gasteiger partial charge in [-0.25, -0.2) is 9.78 Å². The summed E-state index contributed by atoms with van der Waals surface area (Å²) >= 11 is 0. The second kappa shape index (κ2) is 14.4. The molecule has 0 radical (unpaired) electrons. The van der Waals surface area contributed by atoms with Gasteiger partial charge in [-0.3, -0.25) is 14.4 Å². The maximum absolute atomic E-state index is 13.5. The number of rotatable bonds is 15. The van der Waals surface area contributed by atoms with Gasteiger partial charge < -0.3 is 36.8 Å². The summed E-state index contributed by atoms with van der Waals surface area (Å²) in [5.41, 5.74) is 8.26. The van der Waals surface area contributed by atoms with Crippen LogP contribution >= 0.6 is 0 Å². The van der Waals surface area contributed by atoms with Crippen LogP contribution < -0.4 is 21.7 Å². The van der Waals surface area contributed by atoms with Gasteiger partial charge in [0.15, 0.2) is 0 Å². The van der Waals surface area contributed by atoms with E-state index in [1.807, 2.05) is 52.0 Å². The number of imidazole rings is 1. The van der Waals surface area contributed by atoms with Crippen molar-refractivity contribution < 1.29 is 24.3 Å². The Morgan fingerprint density at radius 3 is 2.22 bits per heavy atom. The number of aromatic nitrogens is 3. The highest BCUT2D eigenvalue weighted by Crippen LogP contribution is 2.19. The number of aromatic amines is 2. The lowest BCUT2D eigenvalue weighted by Gasteiger charge is -2.28. The van der Waals surface area contributed by atoms with Gasteiger partial charge in [0.05, 0.1) is 12.4 Å². The van der Waals surface area contributed by atoms with E-state index in [1.54, 1.807) is 6.20 Å². The summed E-state index contributed by atoms with van der Waals surface area (Å²) in [7, 11) is 0. The molecular weight excluding hydrogens is 526 g/mol. The van der Waals surface area contributed by atoms with E-state index >= 15 is 0 Å². The van der Waals surface area contributed by atoms with Gasteiger partial charge in [-0.15, -0.1) is 0 Å². The summed E-state index contributed by atoms with van der Waals surface area (Å²) in [6, 6.07) is 3.36. The number of aliphatic carboxylic acids is 1. The molecule has 1 aromatic carbocycles. The van der Waals surface area contributed by atoms with E-state index in [4.69, 9.17) is 5.73 Å². The summed E-state index contributed by atoms with van der Waals surface area (Å²) in [5, 5.41) is 18.9. The van der Waals surface area contributed by atoms with E-state index in [2.05, 4.69) is 30.9 Å². The molecule has 0 aliphatic heterocycles. The summed E-state index contributed by atoms with van der Waals surface area (Å²) in [6.07, 6.45) is 6.04. The van der Waals surface area contributed by atoms with Gasteiger partial charge in [0, 0.05) is 41.8 Å². The summed E-state index contributed by atoms with van der Waals surface area (Å²) < 4.78 is 0. The zero-order valence-corrected chi connectivity index (χ0v) is 23.9. The Morgan fingerprint density at radius 1 is 0.902 bits per heavy atom. The number of nitrogens with one attached hydrogen (secondary N) is 5. The topological polar surface area (TPSA) is 195 Å². The van der Waals surface area contributed by atoms with Crippen LogP contribution in [0.25, 0.3) is 10.9 Å². The van der Waals surface area contributed by atoms with Gasteiger partial charge >= 0.3 is 5.97 Å². The van der Waals surface area contributed by atoms with Crippen LogP contribution in [0.1, 0.15) is 51.8 Å². The van der Waals surface area contributed by atoms with Crippen molar-refractivity contribution in [2.24, 2.45) is 17.6 Å². The Balaban J connectivity index is 1.80. The van der Waals surface area contributed by atoms with E-state index in [9.17, 15) is 24.3 Å². The highest BCUT2D eigenvalue weighted by Gasteiger charge is 2.33. The van der Waals surface area contributed by atoms with Gasteiger partial charge in [0.25, 0.3) is 0 Å². The molecule has 0 saturated carbocycles. The van der Waals surface area contributed by atoms with E-state index in [0.29, 0.717) is 18.5 Å². The molecule has 3 amide bonds. The summed E-state index contributed by atoms with van der Waals surface area (Å²) in [5.74, 6) is -3.23. The molecule has 6 atom stereocenters. The van der Waals surface area contributed by atoms with Gasteiger partial charge in [-0.2, -0.15) is 0 Å². The van der Waals surface area contributed by atoms with E-state index < -0.39 is 47.9 Å². The van der Waals surface area contributed by atoms with Crippen LogP contribution in [0.5, 0.6) is 0 Å². The van der Waals surface area contributed by atoms with Crippen molar-refractivity contribution in [3.05, 3.63) is 54.2 Å². The molecule has 2 heterocycles. The van der Waals surface area contributed by atoms with E-state index in [-0.39, 0.29) is 24.7 Å². The molecule has 0 bridgehead atoms. The molecule has 0 aliphatic rings. The first-order valence-electron chi connectivity index (χ1n) is 14.0. The van der Waals surface area contributed by atoms with Crippen LogP contribution in [0, 0.1) is 11.8 Å². The molecule has 0 aliphatic carbocycles. The van der Waals surface area contributed by atoms with Crippen molar-refractivity contribution in [3.8, 4) is 0 Å². The number of nitrogens with two attached hydrogens (primary N) is 1. The van der Waals surface area contributed by atoms with Crippen molar-refractivity contribution in [2.45, 2.75) is 77.5 Å². The molecular formula is C29H41N7O5. The normalized spacial score (nSPS) is 15.7. The Morgan fingerprint density at radius 2 is 1.59 bits per heavy atom. The summed E-state index contributed by atoms with van der Waals surface area (Å²) in [6.45, 7) is 7.51. The highest BCUT2D eigenvalue weighted by atomic mass is 16.4. The number of amides is 3. The fraction of sp³-hybridized carbons (Fsp3) is 0.483. The lowest BCUT2D eigenvalue weighted by atomic mass is 9.95. The van der Waals surface area contributed by atoms with Crippen LogP contribution in [0.2, 0.25) is 0 Å². The molecule has 222 valence electrons. The molecule has 8 N–H and O–H groups in total. The minimum atomic E-state index is -1.25. The lowest BCUT2D eigenvalue weighted by Crippen LogP contribution is -2.59. The number of para-hydroxylation sites is 1. The second-order valence-corrected chi connectivity index (χ2v) is 10.6. The molecule has 0 spiro atoms. The second-order valence-electron chi connectivity index (χ2n) is 10.6. The zero-order chi connectivity index (χ0) is 30.1. The SMILES string of the molecule is CCC(C)C(N)C(=O)NC(C(=O)NC(Cc1cnc[nH]1)C(=O)NC(Cc1c[nH]c2ccccc12)C(=O)O)C(C)CC.